The van der Waals surface area contributed by atoms with Gasteiger partial charge in [0.2, 0.25) is 0 Å². The molecule has 0 atom stereocenters. The Bertz CT molecular complexity index is 942. The van der Waals surface area contributed by atoms with Crippen molar-refractivity contribution in [3.05, 3.63) is 58.0 Å². The summed E-state index contributed by atoms with van der Waals surface area (Å²) in [6, 6.07) is 12.1. The average Bonchev–Trinajstić information content (AvgIpc) is 2.93. The predicted molar refractivity (Wildman–Crippen MR) is 113 cm³/mol. The molecule has 0 bridgehead atoms. The van der Waals surface area contributed by atoms with Crippen LogP contribution < -0.4 is 14.4 Å². The molecule has 0 unspecified atom stereocenters. The Morgan fingerprint density at radius 1 is 1.14 bits per heavy atom. The van der Waals surface area contributed by atoms with Gasteiger partial charge in [-0.25, -0.2) is 4.90 Å². The van der Waals surface area contributed by atoms with Gasteiger partial charge in [0.1, 0.15) is 0 Å². The molecule has 2 amide bonds. The third-order valence-corrected chi connectivity index (χ3v) is 5.02. The fourth-order valence-corrected chi connectivity index (χ4v) is 3.63. The minimum atomic E-state index is -0.378. The summed E-state index contributed by atoms with van der Waals surface area (Å²) < 4.78 is 11.1. The van der Waals surface area contributed by atoms with Gasteiger partial charge in [-0.2, -0.15) is 0 Å². The first-order chi connectivity index (χ1) is 13.4. The smallest absolute Gasteiger partial charge is 0.298 e. The van der Waals surface area contributed by atoms with Gasteiger partial charge in [-0.1, -0.05) is 37.6 Å². The Balaban J connectivity index is 1.85. The van der Waals surface area contributed by atoms with Crippen molar-refractivity contribution in [2.24, 2.45) is 5.92 Å². The van der Waals surface area contributed by atoms with Crippen molar-refractivity contribution in [3.8, 4) is 11.5 Å². The van der Waals surface area contributed by atoms with Crippen LogP contribution in [-0.2, 0) is 4.79 Å². The van der Waals surface area contributed by atoms with Crippen LogP contribution in [0.25, 0.3) is 6.08 Å². The van der Waals surface area contributed by atoms with E-state index in [1.165, 1.54) is 0 Å². The first kappa shape index (κ1) is 20.3. The number of rotatable bonds is 6. The highest BCUT2D eigenvalue weighted by molar-refractivity contribution is 8.19. The molecule has 3 rings (SSSR count). The van der Waals surface area contributed by atoms with E-state index in [0.29, 0.717) is 39.6 Å². The van der Waals surface area contributed by atoms with E-state index in [9.17, 15) is 9.59 Å². The van der Waals surface area contributed by atoms with E-state index in [4.69, 9.17) is 21.1 Å². The van der Waals surface area contributed by atoms with Crippen molar-refractivity contribution >= 4 is 46.3 Å². The third-order valence-electron chi connectivity index (χ3n) is 3.92. The fourth-order valence-electron chi connectivity index (χ4n) is 2.61. The number of carbonyl (C=O) groups excluding carboxylic acids is 2. The summed E-state index contributed by atoms with van der Waals surface area (Å²) in [7, 11) is 1.56. The molecule has 146 valence electrons. The highest BCUT2D eigenvalue weighted by atomic mass is 35.5. The van der Waals surface area contributed by atoms with Crippen LogP contribution in [-0.4, -0.2) is 24.9 Å². The lowest BCUT2D eigenvalue weighted by Crippen LogP contribution is -2.27. The molecule has 0 spiro atoms. The summed E-state index contributed by atoms with van der Waals surface area (Å²) in [4.78, 5) is 26.6. The molecule has 0 saturated carbocycles. The predicted octanol–water partition coefficient (Wildman–Crippen LogP) is 5.62. The van der Waals surface area contributed by atoms with Gasteiger partial charge in [-0.05, 0) is 59.7 Å². The second-order valence-electron chi connectivity index (χ2n) is 6.61. The normalized spacial score (nSPS) is 15.6. The number of imide groups is 1. The lowest BCUT2D eigenvalue weighted by Gasteiger charge is -2.13. The Morgan fingerprint density at radius 3 is 2.61 bits per heavy atom. The lowest BCUT2D eigenvalue weighted by atomic mass is 10.1. The van der Waals surface area contributed by atoms with Crippen LogP contribution in [0.2, 0.25) is 5.02 Å². The molecule has 5 nitrogen and oxygen atoms in total. The van der Waals surface area contributed by atoms with Gasteiger partial charge in [0.15, 0.2) is 11.5 Å². The zero-order valence-electron chi connectivity index (χ0n) is 15.8. The van der Waals surface area contributed by atoms with Gasteiger partial charge in [0.05, 0.1) is 24.3 Å². The van der Waals surface area contributed by atoms with Gasteiger partial charge < -0.3 is 9.47 Å². The zero-order valence-corrected chi connectivity index (χ0v) is 17.3. The van der Waals surface area contributed by atoms with Crippen molar-refractivity contribution in [1.82, 2.24) is 0 Å². The molecule has 0 aliphatic carbocycles. The topological polar surface area (TPSA) is 55.8 Å². The highest BCUT2D eigenvalue weighted by Crippen LogP contribution is 2.37. The summed E-state index contributed by atoms with van der Waals surface area (Å²) >= 11 is 6.87. The Labute approximate surface area is 173 Å². The minimum absolute atomic E-state index is 0.336. The summed E-state index contributed by atoms with van der Waals surface area (Å²) in [5, 5.41) is 0.102. The van der Waals surface area contributed by atoms with Crippen LogP contribution in [0.15, 0.2) is 47.4 Å². The van der Waals surface area contributed by atoms with E-state index in [2.05, 4.69) is 13.8 Å². The van der Waals surface area contributed by atoms with E-state index < -0.39 is 0 Å². The quantitative estimate of drug-likeness (QED) is 0.570. The third kappa shape index (κ3) is 4.51. The van der Waals surface area contributed by atoms with Crippen molar-refractivity contribution in [1.29, 1.82) is 0 Å². The summed E-state index contributed by atoms with van der Waals surface area (Å²) in [5.74, 6) is 1.22. The highest BCUT2D eigenvalue weighted by Gasteiger charge is 2.36. The molecule has 1 heterocycles. The van der Waals surface area contributed by atoms with E-state index in [0.717, 1.165) is 22.2 Å². The maximum atomic E-state index is 12.7. The standard InChI is InChI=1S/C21H20ClNO4S/c1-13(2)12-27-17-8-7-14(9-18(17)26-3)10-19-20(24)23(21(25)28-19)16-6-4-5-15(22)11-16/h4-11,13H,12H2,1-3H3/b19-10+. The molecule has 0 radical (unpaired) electrons. The molecule has 2 aromatic carbocycles. The van der Waals surface area contributed by atoms with Crippen molar-refractivity contribution in [3.63, 3.8) is 0 Å². The molecule has 0 N–H and O–H groups in total. The van der Waals surface area contributed by atoms with Crippen LogP contribution >= 0.6 is 23.4 Å². The molecule has 1 aliphatic rings. The van der Waals surface area contributed by atoms with Crippen LogP contribution in [0, 0.1) is 5.92 Å². The number of benzene rings is 2. The number of anilines is 1. The molecule has 1 aliphatic heterocycles. The van der Waals surface area contributed by atoms with E-state index in [1.807, 2.05) is 6.07 Å². The molecule has 2 aromatic rings. The Hall–Kier alpha value is -2.44. The van der Waals surface area contributed by atoms with Gasteiger partial charge in [0, 0.05) is 5.02 Å². The van der Waals surface area contributed by atoms with Gasteiger partial charge in [0.25, 0.3) is 11.1 Å². The van der Waals surface area contributed by atoms with Crippen molar-refractivity contribution < 1.29 is 19.1 Å². The van der Waals surface area contributed by atoms with E-state index >= 15 is 0 Å². The van der Waals surface area contributed by atoms with Crippen LogP contribution in [0.4, 0.5) is 10.5 Å². The zero-order chi connectivity index (χ0) is 20.3. The second kappa shape index (κ2) is 8.71. The molecular formula is C21H20ClNO4S. The van der Waals surface area contributed by atoms with Gasteiger partial charge >= 0.3 is 0 Å². The SMILES string of the molecule is COc1cc(/C=C2/SC(=O)N(c3cccc(Cl)c3)C2=O)ccc1OCC(C)C. The molecule has 0 aromatic heterocycles. The second-order valence-corrected chi connectivity index (χ2v) is 8.04. The molecule has 1 saturated heterocycles. The monoisotopic (exact) mass is 417 g/mol. The van der Waals surface area contributed by atoms with E-state index in [-0.39, 0.29) is 11.1 Å². The van der Waals surface area contributed by atoms with Crippen LogP contribution in [0.3, 0.4) is 0 Å². The number of amides is 2. The first-order valence-electron chi connectivity index (χ1n) is 8.73. The number of thioether (sulfide) groups is 1. The molecule has 28 heavy (non-hydrogen) atoms. The van der Waals surface area contributed by atoms with Crippen LogP contribution in [0.1, 0.15) is 19.4 Å². The maximum absolute atomic E-state index is 12.7. The number of hydrogen-bond acceptors (Lipinski definition) is 5. The summed E-state index contributed by atoms with van der Waals surface area (Å²) in [5.41, 5.74) is 1.19. The molecule has 7 heteroatoms. The Morgan fingerprint density at radius 2 is 1.93 bits per heavy atom. The van der Waals surface area contributed by atoms with Gasteiger partial charge in [-0.15, -0.1) is 0 Å². The van der Waals surface area contributed by atoms with Crippen molar-refractivity contribution in [2.45, 2.75) is 13.8 Å². The first-order valence-corrected chi connectivity index (χ1v) is 9.93. The lowest BCUT2D eigenvalue weighted by molar-refractivity contribution is -0.113. The number of carbonyl (C=O) groups is 2. The van der Waals surface area contributed by atoms with E-state index in [1.54, 1.807) is 49.6 Å². The summed E-state index contributed by atoms with van der Waals surface area (Å²) in [6.45, 7) is 4.71. The Kier molecular flexibility index (Phi) is 6.31. The number of halogens is 1. The minimum Gasteiger partial charge on any atom is -0.493 e. The van der Waals surface area contributed by atoms with Crippen LogP contribution in [0.5, 0.6) is 11.5 Å². The number of nitrogens with zero attached hydrogens (tertiary/aromatic N) is 1. The largest absolute Gasteiger partial charge is 0.493 e. The van der Waals surface area contributed by atoms with Gasteiger partial charge in [-0.3, -0.25) is 9.59 Å². The maximum Gasteiger partial charge on any atom is 0.298 e. The average molecular weight is 418 g/mol. The number of ether oxygens (including phenoxy) is 2. The number of methoxy groups -OCH3 is 1. The molecule has 1 fully saturated rings. The summed E-state index contributed by atoms with van der Waals surface area (Å²) in [6.07, 6.45) is 1.67. The van der Waals surface area contributed by atoms with Crippen molar-refractivity contribution in [2.75, 3.05) is 18.6 Å². The number of hydrogen-bond donors (Lipinski definition) is 0. The molecular weight excluding hydrogens is 398 g/mol. The fraction of sp³-hybridized carbons (Fsp3) is 0.238.